The third-order valence-electron chi connectivity index (χ3n) is 4.78. The second kappa shape index (κ2) is 11.8. The predicted octanol–water partition coefficient (Wildman–Crippen LogP) is 4.90. The third kappa shape index (κ3) is 8.12. The van der Waals surface area contributed by atoms with Crippen molar-refractivity contribution < 1.29 is 14.5 Å². The van der Waals surface area contributed by atoms with Gasteiger partial charge in [-0.05, 0) is 57.5 Å². The van der Waals surface area contributed by atoms with Gasteiger partial charge in [0.05, 0.1) is 4.92 Å². The Morgan fingerprint density at radius 1 is 1.22 bits per heavy atom. The fraction of sp³-hybridized carbons (Fsp3) is 0.435. The van der Waals surface area contributed by atoms with Gasteiger partial charge in [-0.2, -0.15) is 0 Å². The molecule has 3 rings (SSSR count). The maximum Gasteiger partial charge on any atom is 0.293 e. The molecule has 2 aromatic carbocycles. The van der Waals surface area contributed by atoms with Gasteiger partial charge in [0.2, 0.25) is 0 Å². The Morgan fingerprint density at radius 2 is 1.91 bits per heavy atom. The summed E-state index contributed by atoms with van der Waals surface area (Å²) in [5.41, 5.74) is 2.41. The molecule has 0 spiro atoms. The summed E-state index contributed by atoms with van der Waals surface area (Å²) in [7, 11) is 0. The molecule has 0 aliphatic carbocycles. The van der Waals surface area contributed by atoms with Crippen molar-refractivity contribution in [2.45, 2.75) is 39.3 Å². The minimum atomic E-state index is -0.336. The van der Waals surface area contributed by atoms with Crippen LogP contribution in [0.3, 0.4) is 0 Å². The van der Waals surface area contributed by atoms with E-state index in [2.05, 4.69) is 36.2 Å². The molecule has 1 unspecified atom stereocenters. The zero-order valence-corrected chi connectivity index (χ0v) is 20.5. The first-order valence-corrected chi connectivity index (χ1v) is 11.3. The Bertz CT molecular complexity index is 911. The molecule has 1 atom stereocenters. The highest BCUT2D eigenvalue weighted by atomic mass is 79.9. The van der Waals surface area contributed by atoms with Crippen LogP contribution in [0.2, 0.25) is 0 Å². The van der Waals surface area contributed by atoms with Crippen LogP contribution in [-0.4, -0.2) is 43.2 Å². The number of rotatable bonds is 6. The molecular weight excluding hydrogens is 476 g/mol. The van der Waals surface area contributed by atoms with Crippen LogP contribution in [0.4, 0.5) is 17.1 Å². The van der Waals surface area contributed by atoms with Gasteiger partial charge in [-0.25, -0.2) is 0 Å². The van der Waals surface area contributed by atoms with E-state index in [0.717, 1.165) is 41.9 Å². The molecular formula is C23H31BrN4O4. The van der Waals surface area contributed by atoms with Crippen molar-refractivity contribution in [3.63, 3.8) is 0 Å². The van der Waals surface area contributed by atoms with E-state index in [9.17, 15) is 14.9 Å². The van der Waals surface area contributed by atoms with Crippen molar-refractivity contribution in [3.05, 3.63) is 62.6 Å². The number of hydrogen-bond acceptors (Lipinski definition) is 7. The highest BCUT2D eigenvalue weighted by Gasteiger charge is 2.19. The number of benzene rings is 2. The highest BCUT2D eigenvalue weighted by molar-refractivity contribution is 9.10. The lowest BCUT2D eigenvalue weighted by atomic mass is 10.1. The predicted molar refractivity (Wildman–Crippen MR) is 131 cm³/mol. The van der Waals surface area contributed by atoms with E-state index in [4.69, 9.17) is 0 Å². The van der Waals surface area contributed by atoms with E-state index >= 15 is 0 Å². The van der Waals surface area contributed by atoms with Gasteiger partial charge in [0.15, 0.2) is 0 Å². The number of halogens is 1. The molecule has 2 aromatic rings. The molecule has 1 fully saturated rings. The minimum absolute atomic E-state index is 0.0468. The van der Waals surface area contributed by atoms with Gasteiger partial charge in [0.1, 0.15) is 11.3 Å². The number of nitrogens with one attached hydrogen (secondary N) is 2. The summed E-state index contributed by atoms with van der Waals surface area (Å²) in [6, 6.07) is 13.2. The van der Waals surface area contributed by atoms with Crippen molar-refractivity contribution in [2.24, 2.45) is 0 Å². The SMILES string of the molecule is CC(C)(C)OC=O.CC(Nc1cc(N2CCNCC2)ccc1[N+](=O)[O-])c1cccc(Br)c1. The summed E-state index contributed by atoms with van der Waals surface area (Å²) in [6.45, 7) is 11.6. The van der Waals surface area contributed by atoms with Crippen LogP contribution in [-0.2, 0) is 9.53 Å². The van der Waals surface area contributed by atoms with E-state index in [0.29, 0.717) is 12.2 Å². The first kappa shape index (κ1) is 25.6. The topological polar surface area (TPSA) is 96.7 Å². The standard InChI is InChI=1S/C18H21BrN4O2.C5H10O2/c1-13(14-3-2-4-15(19)11-14)21-17-12-16(5-6-18(17)23(24)25)22-9-7-20-8-10-22;1-5(2,3)7-4-6/h2-6,11-13,20-21H,7-10H2,1H3;4H,1-3H3. The van der Waals surface area contributed by atoms with Crippen molar-refractivity contribution in [1.82, 2.24) is 5.32 Å². The number of nitro benzene ring substituents is 1. The summed E-state index contributed by atoms with van der Waals surface area (Å²) in [5.74, 6) is 0. The van der Waals surface area contributed by atoms with Crippen molar-refractivity contribution in [3.8, 4) is 0 Å². The largest absolute Gasteiger partial charge is 0.462 e. The number of ether oxygens (including phenoxy) is 1. The van der Waals surface area contributed by atoms with Crippen LogP contribution >= 0.6 is 15.9 Å². The van der Waals surface area contributed by atoms with Crippen molar-refractivity contribution >= 4 is 39.5 Å². The number of carbonyl (C=O) groups is 1. The molecule has 0 aromatic heterocycles. The number of nitro groups is 1. The zero-order chi connectivity index (χ0) is 23.7. The summed E-state index contributed by atoms with van der Waals surface area (Å²) < 4.78 is 5.54. The normalized spacial score (nSPS) is 14.6. The fourth-order valence-corrected chi connectivity index (χ4v) is 3.57. The second-order valence-corrected chi connectivity index (χ2v) is 9.36. The van der Waals surface area contributed by atoms with Gasteiger partial charge in [-0.1, -0.05) is 28.1 Å². The minimum Gasteiger partial charge on any atom is -0.462 e. The zero-order valence-electron chi connectivity index (χ0n) is 18.9. The molecule has 2 N–H and O–H groups in total. The number of carbonyl (C=O) groups excluding carboxylic acids is 1. The first-order chi connectivity index (χ1) is 15.1. The highest BCUT2D eigenvalue weighted by Crippen LogP contribution is 2.33. The van der Waals surface area contributed by atoms with Gasteiger partial charge in [0, 0.05) is 48.4 Å². The van der Waals surface area contributed by atoms with Crippen molar-refractivity contribution in [2.75, 3.05) is 36.4 Å². The summed E-state index contributed by atoms with van der Waals surface area (Å²) >= 11 is 3.47. The summed E-state index contributed by atoms with van der Waals surface area (Å²) in [5, 5.41) is 18.0. The number of hydrogen-bond donors (Lipinski definition) is 2. The van der Waals surface area contributed by atoms with Crippen LogP contribution in [0, 0.1) is 10.1 Å². The lowest BCUT2D eigenvalue weighted by Crippen LogP contribution is -2.43. The van der Waals surface area contributed by atoms with Crippen LogP contribution in [0.1, 0.15) is 39.3 Å². The second-order valence-electron chi connectivity index (χ2n) is 8.44. The molecule has 174 valence electrons. The van der Waals surface area contributed by atoms with Crippen LogP contribution in [0.25, 0.3) is 0 Å². The van der Waals surface area contributed by atoms with Crippen LogP contribution < -0.4 is 15.5 Å². The quantitative estimate of drug-likeness (QED) is 0.326. The van der Waals surface area contributed by atoms with Gasteiger partial charge in [-0.15, -0.1) is 0 Å². The molecule has 0 saturated carbocycles. The maximum atomic E-state index is 11.4. The van der Waals surface area contributed by atoms with Crippen LogP contribution in [0.5, 0.6) is 0 Å². The average Bonchev–Trinajstić information content (AvgIpc) is 2.74. The van der Waals surface area contributed by atoms with Crippen molar-refractivity contribution in [1.29, 1.82) is 0 Å². The van der Waals surface area contributed by atoms with E-state index in [-0.39, 0.29) is 22.3 Å². The lowest BCUT2D eigenvalue weighted by molar-refractivity contribution is -0.384. The first-order valence-electron chi connectivity index (χ1n) is 10.5. The van der Waals surface area contributed by atoms with Gasteiger partial charge in [-0.3, -0.25) is 14.9 Å². The number of nitrogens with zero attached hydrogens (tertiary/aromatic N) is 2. The molecule has 32 heavy (non-hydrogen) atoms. The number of piperazine rings is 1. The molecule has 1 heterocycles. The Hall–Kier alpha value is -2.65. The smallest absolute Gasteiger partial charge is 0.293 e. The maximum absolute atomic E-state index is 11.4. The molecule has 8 nitrogen and oxygen atoms in total. The molecule has 1 aliphatic heterocycles. The third-order valence-corrected chi connectivity index (χ3v) is 5.27. The molecule has 0 amide bonds. The molecule has 1 aliphatic rings. The lowest BCUT2D eigenvalue weighted by Gasteiger charge is -2.30. The Kier molecular flexibility index (Phi) is 9.46. The Morgan fingerprint density at radius 3 is 2.44 bits per heavy atom. The molecule has 9 heteroatoms. The molecule has 0 radical (unpaired) electrons. The fourth-order valence-electron chi connectivity index (χ4n) is 3.16. The number of anilines is 2. The van der Waals surface area contributed by atoms with E-state index in [1.165, 1.54) is 0 Å². The molecule has 0 bridgehead atoms. The summed E-state index contributed by atoms with van der Waals surface area (Å²) in [4.78, 5) is 22.9. The van der Waals surface area contributed by atoms with Gasteiger partial charge < -0.3 is 20.3 Å². The van der Waals surface area contributed by atoms with Gasteiger partial charge in [0.25, 0.3) is 12.2 Å². The van der Waals surface area contributed by atoms with Gasteiger partial charge >= 0.3 is 0 Å². The Labute approximate surface area is 197 Å². The monoisotopic (exact) mass is 506 g/mol. The average molecular weight is 507 g/mol. The Balaban J connectivity index is 0.000000451. The van der Waals surface area contributed by atoms with E-state index in [1.54, 1.807) is 6.07 Å². The summed E-state index contributed by atoms with van der Waals surface area (Å²) in [6.07, 6.45) is 0. The van der Waals surface area contributed by atoms with E-state index < -0.39 is 0 Å². The van der Waals surface area contributed by atoms with E-state index in [1.807, 2.05) is 64.1 Å². The molecule has 1 saturated heterocycles. The van der Waals surface area contributed by atoms with Crippen LogP contribution in [0.15, 0.2) is 46.9 Å².